The van der Waals surface area contributed by atoms with Crippen molar-refractivity contribution in [2.24, 2.45) is 5.92 Å². The third kappa shape index (κ3) is 3.81. The lowest BCUT2D eigenvalue weighted by molar-refractivity contribution is 0.442. The molecule has 1 atom stereocenters. The van der Waals surface area contributed by atoms with Crippen LogP contribution in [0.5, 0.6) is 0 Å². The van der Waals surface area contributed by atoms with Crippen LogP contribution in [0, 0.1) is 12.8 Å². The molecule has 0 aliphatic carbocycles. The van der Waals surface area contributed by atoms with Gasteiger partial charge in [0, 0.05) is 17.5 Å². The minimum absolute atomic E-state index is 0.622. The maximum absolute atomic E-state index is 3.57. The van der Waals surface area contributed by atoms with Crippen LogP contribution in [0.25, 0.3) is 0 Å². The largest absolute Gasteiger partial charge is 0.309 e. The Morgan fingerprint density at radius 3 is 2.57 bits per heavy atom. The molecule has 1 aromatic heterocycles. The van der Waals surface area contributed by atoms with E-state index >= 15 is 0 Å². The number of nitrogens with one attached hydrogen (secondary N) is 1. The lowest BCUT2D eigenvalue weighted by Crippen LogP contribution is -2.26. The first-order valence-electron chi connectivity index (χ1n) is 5.36. The highest BCUT2D eigenvalue weighted by molar-refractivity contribution is 7.10. The summed E-state index contributed by atoms with van der Waals surface area (Å²) in [6, 6.07) is 2.81. The highest BCUT2D eigenvalue weighted by Crippen LogP contribution is 2.15. The summed E-state index contributed by atoms with van der Waals surface area (Å²) in [5.41, 5.74) is 1.42. The molecule has 1 heterocycles. The van der Waals surface area contributed by atoms with Crippen molar-refractivity contribution in [2.75, 3.05) is 0 Å². The number of thiophene rings is 1. The van der Waals surface area contributed by atoms with E-state index in [4.69, 9.17) is 0 Å². The lowest BCUT2D eigenvalue weighted by Gasteiger charge is -2.15. The van der Waals surface area contributed by atoms with Crippen molar-refractivity contribution in [1.29, 1.82) is 0 Å². The van der Waals surface area contributed by atoms with Gasteiger partial charge < -0.3 is 5.32 Å². The van der Waals surface area contributed by atoms with E-state index in [2.05, 4.69) is 44.5 Å². The summed E-state index contributed by atoms with van der Waals surface area (Å²) in [6.45, 7) is 10.0. The molecule has 1 nitrogen and oxygen atoms in total. The summed E-state index contributed by atoms with van der Waals surface area (Å²) in [4.78, 5) is 1.47. The summed E-state index contributed by atoms with van der Waals surface area (Å²) in [7, 11) is 0. The van der Waals surface area contributed by atoms with Gasteiger partial charge >= 0.3 is 0 Å². The Hall–Kier alpha value is -0.340. The first kappa shape index (κ1) is 11.7. The van der Waals surface area contributed by atoms with Crippen LogP contribution < -0.4 is 5.32 Å². The van der Waals surface area contributed by atoms with E-state index in [1.54, 1.807) is 0 Å². The van der Waals surface area contributed by atoms with Crippen molar-refractivity contribution in [1.82, 2.24) is 5.32 Å². The quantitative estimate of drug-likeness (QED) is 0.785. The Balaban J connectivity index is 2.30. The van der Waals surface area contributed by atoms with E-state index in [0.29, 0.717) is 6.04 Å². The van der Waals surface area contributed by atoms with E-state index in [-0.39, 0.29) is 0 Å². The SMILES string of the molecule is Cc1ccsc1CNC(C)CC(C)C. The van der Waals surface area contributed by atoms with Gasteiger partial charge in [0.2, 0.25) is 0 Å². The molecule has 1 unspecified atom stereocenters. The number of hydrogen-bond acceptors (Lipinski definition) is 2. The average Bonchev–Trinajstić information content (AvgIpc) is 2.46. The third-order valence-corrected chi connectivity index (χ3v) is 3.43. The van der Waals surface area contributed by atoms with Crippen LogP contribution in [0.1, 0.15) is 37.6 Å². The molecule has 0 aliphatic heterocycles. The molecule has 80 valence electrons. The van der Waals surface area contributed by atoms with Gasteiger partial charge in [0.25, 0.3) is 0 Å². The summed E-state index contributed by atoms with van der Waals surface area (Å²) < 4.78 is 0. The fourth-order valence-electron chi connectivity index (χ4n) is 1.64. The lowest BCUT2D eigenvalue weighted by atomic mass is 10.1. The Labute approximate surface area is 91.5 Å². The van der Waals surface area contributed by atoms with Crippen molar-refractivity contribution < 1.29 is 0 Å². The summed E-state index contributed by atoms with van der Waals surface area (Å²) in [6.07, 6.45) is 1.25. The minimum Gasteiger partial charge on any atom is -0.309 e. The second-order valence-corrected chi connectivity index (χ2v) is 5.44. The molecular formula is C12H21NS. The second-order valence-electron chi connectivity index (χ2n) is 4.44. The molecule has 0 amide bonds. The van der Waals surface area contributed by atoms with Crippen molar-refractivity contribution >= 4 is 11.3 Å². The Bertz CT molecular complexity index is 265. The van der Waals surface area contributed by atoms with Crippen LogP contribution in [0.2, 0.25) is 0 Å². The highest BCUT2D eigenvalue weighted by atomic mass is 32.1. The molecule has 1 aromatic rings. The zero-order valence-corrected chi connectivity index (χ0v) is 10.4. The predicted molar refractivity (Wildman–Crippen MR) is 64.8 cm³/mol. The van der Waals surface area contributed by atoms with Crippen molar-refractivity contribution in [3.63, 3.8) is 0 Å². The Morgan fingerprint density at radius 1 is 1.36 bits per heavy atom. The van der Waals surface area contributed by atoms with E-state index in [0.717, 1.165) is 12.5 Å². The van der Waals surface area contributed by atoms with E-state index in [1.807, 2.05) is 11.3 Å². The van der Waals surface area contributed by atoms with Crippen molar-refractivity contribution in [2.45, 2.75) is 46.7 Å². The molecule has 0 saturated heterocycles. The van der Waals surface area contributed by atoms with Gasteiger partial charge in [0.05, 0.1) is 0 Å². The predicted octanol–water partition coefficient (Wildman–Crippen LogP) is 3.58. The second kappa shape index (κ2) is 5.52. The van der Waals surface area contributed by atoms with Gasteiger partial charge in [0.1, 0.15) is 0 Å². The first-order chi connectivity index (χ1) is 6.59. The van der Waals surface area contributed by atoms with Gasteiger partial charge in [0.15, 0.2) is 0 Å². The van der Waals surface area contributed by atoms with Crippen LogP contribution in [0.4, 0.5) is 0 Å². The molecule has 0 radical (unpaired) electrons. The van der Waals surface area contributed by atoms with Crippen LogP contribution in [-0.2, 0) is 6.54 Å². The maximum atomic E-state index is 3.57. The molecule has 0 saturated carbocycles. The fourth-order valence-corrected chi connectivity index (χ4v) is 2.50. The summed E-state index contributed by atoms with van der Waals surface area (Å²) in [5, 5.41) is 5.73. The first-order valence-corrected chi connectivity index (χ1v) is 6.24. The summed E-state index contributed by atoms with van der Waals surface area (Å²) in [5.74, 6) is 0.780. The van der Waals surface area contributed by atoms with Gasteiger partial charge in [-0.1, -0.05) is 13.8 Å². The minimum atomic E-state index is 0.622. The summed E-state index contributed by atoms with van der Waals surface area (Å²) >= 11 is 1.85. The zero-order valence-electron chi connectivity index (χ0n) is 9.63. The van der Waals surface area contributed by atoms with Crippen LogP contribution in [0.15, 0.2) is 11.4 Å². The number of rotatable bonds is 5. The van der Waals surface area contributed by atoms with E-state index in [1.165, 1.54) is 16.9 Å². The Morgan fingerprint density at radius 2 is 2.07 bits per heavy atom. The van der Waals surface area contributed by atoms with Crippen LogP contribution >= 0.6 is 11.3 Å². The van der Waals surface area contributed by atoms with Gasteiger partial charge in [-0.05, 0) is 43.2 Å². The molecule has 0 bridgehead atoms. The van der Waals surface area contributed by atoms with E-state index < -0.39 is 0 Å². The topological polar surface area (TPSA) is 12.0 Å². The smallest absolute Gasteiger partial charge is 0.0304 e. The third-order valence-electron chi connectivity index (χ3n) is 2.40. The molecule has 1 N–H and O–H groups in total. The Kier molecular flexibility index (Phi) is 4.63. The van der Waals surface area contributed by atoms with Gasteiger partial charge in [-0.15, -0.1) is 11.3 Å². The molecule has 14 heavy (non-hydrogen) atoms. The monoisotopic (exact) mass is 211 g/mol. The molecule has 2 heteroatoms. The van der Waals surface area contributed by atoms with Crippen LogP contribution in [0.3, 0.4) is 0 Å². The average molecular weight is 211 g/mol. The van der Waals surface area contributed by atoms with Gasteiger partial charge in [-0.3, -0.25) is 0 Å². The van der Waals surface area contributed by atoms with Crippen molar-refractivity contribution in [3.05, 3.63) is 21.9 Å². The number of aryl methyl sites for hydroxylation is 1. The fraction of sp³-hybridized carbons (Fsp3) is 0.667. The molecule has 1 rings (SSSR count). The van der Waals surface area contributed by atoms with Gasteiger partial charge in [-0.25, -0.2) is 0 Å². The maximum Gasteiger partial charge on any atom is 0.0304 e. The molecule has 0 aromatic carbocycles. The molecule has 0 aliphatic rings. The van der Waals surface area contributed by atoms with Crippen molar-refractivity contribution in [3.8, 4) is 0 Å². The molecule has 0 spiro atoms. The zero-order chi connectivity index (χ0) is 10.6. The normalized spacial score (nSPS) is 13.5. The van der Waals surface area contributed by atoms with Crippen LogP contribution in [-0.4, -0.2) is 6.04 Å². The van der Waals surface area contributed by atoms with E-state index in [9.17, 15) is 0 Å². The molecule has 0 fully saturated rings. The highest BCUT2D eigenvalue weighted by Gasteiger charge is 2.05. The standard InChI is InChI=1S/C12H21NS/c1-9(2)7-11(4)13-8-12-10(3)5-6-14-12/h5-6,9,11,13H,7-8H2,1-4H3. The molecular weight excluding hydrogens is 190 g/mol. The number of hydrogen-bond donors (Lipinski definition) is 1. The van der Waals surface area contributed by atoms with Gasteiger partial charge in [-0.2, -0.15) is 0 Å².